The topological polar surface area (TPSA) is 70.4 Å². The highest BCUT2D eigenvalue weighted by Gasteiger charge is 2.27. The van der Waals surface area contributed by atoms with Crippen LogP contribution in [0.25, 0.3) is 0 Å². The zero-order valence-electron chi connectivity index (χ0n) is 14.7. The minimum atomic E-state index is -0.670. The molecule has 0 N–H and O–H groups in total. The number of nitrogens with zero attached hydrogens (tertiary/aromatic N) is 2. The first kappa shape index (κ1) is 19.2. The summed E-state index contributed by atoms with van der Waals surface area (Å²) in [4.78, 5) is 29.1. The average Bonchev–Trinajstić information content (AvgIpc) is 2.63. The SMILES string of the molecule is CCOC(=O)c1nc(C(C)C(Br)c2ccccc2)n(C)c(=O)c1OC. The Morgan fingerprint density at radius 1 is 1.32 bits per heavy atom. The number of rotatable bonds is 6. The summed E-state index contributed by atoms with van der Waals surface area (Å²) in [5.74, 6) is -0.474. The summed E-state index contributed by atoms with van der Waals surface area (Å²) in [6.07, 6.45) is 0. The zero-order chi connectivity index (χ0) is 18.6. The Hall–Kier alpha value is -2.15. The molecule has 0 radical (unpaired) electrons. The third-order valence-electron chi connectivity index (χ3n) is 3.92. The first-order valence-corrected chi connectivity index (χ1v) is 8.84. The van der Waals surface area contributed by atoms with Crippen molar-refractivity contribution in [2.24, 2.45) is 7.05 Å². The van der Waals surface area contributed by atoms with Crippen molar-refractivity contribution in [1.29, 1.82) is 0 Å². The van der Waals surface area contributed by atoms with Crippen molar-refractivity contribution in [3.8, 4) is 5.75 Å². The lowest BCUT2D eigenvalue weighted by atomic mass is 10.00. The van der Waals surface area contributed by atoms with E-state index in [2.05, 4.69) is 20.9 Å². The number of benzene rings is 1. The van der Waals surface area contributed by atoms with Gasteiger partial charge >= 0.3 is 5.97 Å². The zero-order valence-corrected chi connectivity index (χ0v) is 16.2. The van der Waals surface area contributed by atoms with Gasteiger partial charge in [-0.05, 0) is 12.5 Å². The van der Waals surface area contributed by atoms with Gasteiger partial charge in [0.1, 0.15) is 5.82 Å². The van der Waals surface area contributed by atoms with Crippen LogP contribution in [-0.2, 0) is 11.8 Å². The first-order chi connectivity index (χ1) is 11.9. The number of hydrogen-bond acceptors (Lipinski definition) is 5. The van der Waals surface area contributed by atoms with Crippen LogP contribution in [0.1, 0.15) is 46.5 Å². The summed E-state index contributed by atoms with van der Waals surface area (Å²) in [5.41, 5.74) is 0.537. The highest BCUT2D eigenvalue weighted by molar-refractivity contribution is 9.09. The molecule has 0 saturated carbocycles. The Morgan fingerprint density at radius 2 is 1.96 bits per heavy atom. The fourth-order valence-electron chi connectivity index (χ4n) is 2.58. The van der Waals surface area contributed by atoms with Crippen LogP contribution in [0, 0.1) is 0 Å². The van der Waals surface area contributed by atoms with Crippen molar-refractivity contribution in [3.63, 3.8) is 0 Å². The number of halogens is 1. The van der Waals surface area contributed by atoms with E-state index in [4.69, 9.17) is 9.47 Å². The van der Waals surface area contributed by atoms with E-state index >= 15 is 0 Å². The molecule has 2 unspecified atom stereocenters. The van der Waals surface area contributed by atoms with E-state index in [1.54, 1.807) is 14.0 Å². The maximum atomic E-state index is 12.6. The van der Waals surface area contributed by atoms with Crippen molar-refractivity contribution in [1.82, 2.24) is 9.55 Å². The molecule has 6 nitrogen and oxygen atoms in total. The summed E-state index contributed by atoms with van der Waals surface area (Å²) in [7, 11) is 2.95. The van der Waals surface area contributed by atoms with E-state index in [1.807, 2.05) is 37.3 Å². The number of hydrogen-bond donors (Lipinski definition) is 0. The Labute approximate surface area is 154 Å². The molecule has 0 aliphatic heterocycles. The number of aromatic nitrogens is 2. The molecule has 1 aromatic heterocycles. The predicted molar refractivity (Wildman–Crippen MR) is 98.5 cm³/mol. The van der Waals surface area contributed by atoms with Gasteiger partial charge in [-0.3, -0.25) is 9.36 Å². The van der Waals surface area contributed by atoms with E-state index in [9.17, 15) is 9.59 Å². The highest BCUT2D eigenvalue weighted by atomic mass is 79.9. The van der Waals surface area contributed by atoms with Gasteiger partial charge < -0.3 is 9.47 Å². The van der Waals surface area contributed by atoms with Gasteiger partial charge in [0, 0.05) is 17.8 Å². The van der Waals surface area contributed by atoms with Crippen LogP contribution in [0.15, 0.2) is 35.1 Å². The lowest BCUT2D eigenvalue weighted by Crippen LogP contribution is -2.29. The molecule has 25 heavy (non-hydrogen) atoms. The summed E-state index contributed by atoms with van der Waals surface area (Å²) in [5, 5.41) is 0. The van der Waals surface area contributed by atoms with E-state index in [-0.39, 0.29) is 28.8 Å². The number of alkyl halides is 1. The number of methoxy groups -OCH3 is 1. The Morgan fingerprint density at radius 3 is 2.52 bits per heavy atom. The molecule has 2 rings (SSSR count). The van der Waals surface area contributed by atoms with Gasteiger partial charge in [0.25, 0.3) is 5.56 Å². The summed E-state index contributed by atoms with van der Waals surface area (Å²) < 4.78 is 11.5. The van der Waals surface area contributed by atoms with E-state index in [0.717, 1.165) is 5.56 Å². The van der Waals surface area contributed by atoms with Crippen LogP contribution in [0.2, 0.25) is 0 Å². The number of carbonyl (C=O) groups is 1. The van der Waals surface area contributed by atoms with E-state index in [0.29, 0.717) is 5.82 Å². The van der Waals surface area contributed by atoms with Crippen LogP contribution in [0.4, 0.5) is 0 Å². The quantitative estimate of drug-likeness (QED) is 0.541. The second-order valence-electron chi connectivity index (χ2n) is 5.54. The lowest BCUT2D eigenvalue weighted by Gasteiger charge is -2.21. The Kier molecular flexibility index (Phi) is 6.36. The molecule has 2 aromatic rings. The minimum absolute atomic E-state index is 0.0739. The normalized spacial score (nSPS) is 13.2. The van der Waals surface area contributed by atoms with Crippen LogP contribution in [-0.4, -0.2) is 29.2 Å². The van der Waals surface area contributed by atoms with Gasteiger partial charge in [0.2, 0.25) is 5.75 Å². The number of esters is 1. The predicted octanol–water partition coefficient (Wildman–Crippen LogP) is 3.21. The number of ether oxygens (including phenoxy) is 2. The minimum Gasteiger partial charge on any atom is -0.489 e. The molecule has 7 heteroatoms. The smallest absolute Gasteiger partial charge is 0.361 e. The first-order valence-electron chi connectivity index (χ1n) is 7.93. The van der Waals surface area contributed by atoms with Gasteiger partial charge in [-0.1, -0.05) is 53.2 Å². The van der Waals surface area contributed by atoms with Crippen LogP contribution < -0.4 is 10.3 Å². The van der Waals surface area contributed by atoms with Gasteiger partial charge in [-0.25, -0.2) is 9.78 Å². The van der Waals surface area contributed by atoms with Gasteiger partial charge in [-0.2, -0.15) is 0 Å². The molecule has 1 heterocycles. The second kappa shape index (κ2) is 8.29. The second-order valence-corrected chi connectivity index (χ2v) is 6.52. The number of carbonyl (C=O) groups excluding carboxylic acids is 1. The van der Waals surface area contributed by atoms with Crippen molar-refractivity contribution in [2.75, 3.05) is 13.7 Å². The monoisotopic (exact) mass is 408 g/mol. The molecule has 2 atom stereocenters. The standard InChI is InChI=1S/C18H21BrN2O4/c1-5-25-18(23)14-15(24-4)17(22)21(3)16(20-14)11(2)13(19)12-9-7-6-8-10-12/h6-11,13H,5H2,1-4H3. The lowest BCUT2D eigenvalue weighted by molar-refractivity contribution is 0.0514. The van der Waals surface area contributed by atoms with Crippen LogP contribution in [0.3, 0.4) is 0 Å². The van der Waals surface area contributed by atoms with Crippen molar-refractivity contribution in [3.05, 3.63) is 57.8 Å². The molecule has 0 bridgehead atoms. The average molecular weight is 409 g/mol. The Balaban J connectivity index is 2.53. The Bertz CT molecular complexity index is 805. The molecular weight excluding hydrogens is 388 g/mol. The fourth-order valence-corrected chi connectivity index (χ4v) is 3.13. The maximum absolute atomic E-state index is 12.6. The summed E-state index contributed by atoms with van der Waals surface area (Å²) >= 11 is 3.67. The largest absolute Gasteiger partial charge is 0.489 e. The van der Waals surface area contributed by atoms with Gasteiger partial charge in [0.15, 0.2) is 5.69 Å². The van der Waals surface area contributed by atoms with Gasteiger partial charge in [-0.15, -0.1) is 0 Å². The molecule has 1 aromatic carbocycles. The summed E-state index contributed by atoms with van der Waals surface area (Å²) in [6.45, 7) is 3.82. The van der Waals surface area contributed by atoms with E-state index < -0.39 is 11.5 Å². The van der Waals surface area contributed by atoms with Crippen molar-refractivity contribution in [2.45, 2.75) is 24.6 Å². The summed E-state index contributed by atoms with van der Waals surface area (Å²) in [6, 6.07) is 9.81. The molecule has 0 aliphatic rings. The molecule has 0 fully saturated rings. The van der Waals surface area contributed by atoms with Gasteiger partial charge in [0.05, 0.1) is 13.7 Å². The molecular formula is C18H21BrN2O4. The van der Waals surface area contributed by atoms with Crippen molar-refractivity contribution < 1.29 is 14.3 Å². The van der Waals surface area contributed by atoms with Crippen molar-refractivity contribution >= 4 is 21.9 Å². The molecule has 0 aliphatic carbocycles. The van der Waals surface area contributed by atoms with E-state index in [1.165, 1.54) is 11.7 Å². The molecule has 134 valence electrons. The molecule has 0 amide bonds. The fraction of sp³-hybridized carbons (Fsp3) is 0.389. The molecule has 0 spiro atoms. The third-order valence-corrected chi connectivity index (χ3v) is 5.24. The maximum Gasteiger partial charge on any atom is 0.361 e. The van der Waals surface area contributed by atoms with Crippen LogP contribution >= 0.6 is 15.9 Å². The molecule has 0 saturated heterocycles. The van der Waals surface area contributed by atoms with Crippen LogP contribution in [0.5, 0.6) is 5.75 Å². The highest BCUT2D eigenvalue weighted by Crippen LogP contribution is 2.36. The third kappa shape index (κ3) is 3.92.